The van der Waals surface area contributed by atoms with Gasteiger partial charge in [-0.15, -0.1) is 0 Å². The summed E-state index contributed by atoms with van der Waals surface area (Å²) < 4.78 is 34.2. The minimum absolute atomic E-state index is 0.203. The molecule has 5 rings (SSSR count). The molecule has 2 bridgehead atoms. The van der Waals surface area contributed by atoms with E-state index < -0.39 is 10.0 Å². The molecule has 1 aromatic carbocycles. The van der Waals surface area contributed by atoms with Gasteiger partial charge in [-0.2, -0.15) is 5.10 Å². The number of fused-ring (bicyclic) bond motifs is 3. The van der Waals surface area contributed by atoms with Crippen molar-refractivity contribution in [2.45, 2.75) is 38.1 Å². The molecule has 7 nitrogen and oxygen atoms in total. The molecule has 8 heteroatoms. The number of aromatic nitrogens is 2. The van der Waals surface area contributed by atoms with Crippen molar-refractivity contribution in [3.63, 3.8) is 0 Å². The molecule has 0 spiro atoms. The molecule has 1 unspecified atom stereocenters. The van der Waals surface area contributed by atoms with Gasteiger partial charge in [-0.3, -0.25) is 9.58 Å². The van der Waals surface area contributed by atoms with Crippen molar-refractivity contribution in [2.24, 2.45) is 13.0 Å². The molecule has 30 heavy (non-hydrogen) atoms. The highest BCUT2D eigenvalue weighted by atomic mass is 32.2. The molecule has 2 aromatic rings. The lowest BCUT2D eigenvalue weighted by atomic mass is 9.74. The van der Waals surface area contributed by atoms with Crippen LogP contribution in [-0.4, -0.2) is 61.6 Å². The molecule has 164 valence electrons. The second-order valence-electron chi connectivity index (χ2n) is 8.51. The lowest BCUT2D eigenvalue weighted by Crippen LogP contribution is -2.56. The third kappa shape index (κ3) is 4.40. The van der Waals surface area contributed by atoms with Crippen LogP contribution in [0.15, 0.2) is 30.3 Å². The first-order valence-corrected chi connectivity index (χ1v) is 12.4. The fourth-order valence-electron chi connectivity index (χ4n) is 4.98. The fourth-order valence-corrected chi connectivity index (χ4v) is 6.11. The highest BCUT2D eigenvalue weighted by molar-refractivity contribution is 7.89. The smallest absolute Gasteiger partial charge is 0.211 e. The number of hydrogen-bond donors (Lipinski definition) is 1. The van der Waals surface area contributed by atoms with Crippen molar-refractivity contribution in [3.8, 4) is 17.0 Å². The number of nitrogens with one attached hydrogen (secondary N) is 1. The topological polar surface area (TPSA) is 76.5 Å². The van der Waals surface area contributed by atoms with Gasteiger partial charge < -0.3 is 4.74 Å². The summed E-state index contributed by atoms with van der Waals surface area (Å²) in [6, 6.07) is 10.5. The van der Waals surface area contributed by atoms with Gasteiger partial charge in [0.1, 0.15) is 5.75 Å². The standard InChI is InChI=1S/C22H32N4O3S/c1-4-11-30(27,28)23-14-18-12-17-9-10-26(18)15-20(17)22-13-21(24-25(22)2)16-5-7-19(29-3)8-6-16/h5-8,13,17-18,20,23H,4,9-12,14-15H2,1-3H3/t17-,18+,20-/m0/s1. The van der Waals surface area contributed by atoms with Crippen molar-refractivity contribution in [2.75, 3.05) is 32.5 Å². The van der Waals surface area contributed by atoms with Gasteiger partial charge in [0.2, 0.25) is 10.0 Å². The summed E-state index contributed by atoms with van der Waals surface area (Å²) in [5, 5.41) is 4.77. The van der Waals surface area contributed by atoms with E-state index in [1.165, 1.54) is 5.69 Å². The number of hydrogen-bond acceptors (Lipinski definition) is 5. The van der Waals surface area contributed by atoms with E-state index in [9.17, 15) is 8.42 Å². The molecule has 0 radical (unpaired) electrons. The van der Waals surface area contributed by atoms with Crippen LogP contribution in [0.4, 0.5) is 0 Å². The number of ether oxygens (including phenoxy) is 1. The third-order valence-corrected chi connectivity index (χ3v) is 8.12. The Labute approximate surface area is 179 Å². The number of methoxy groups -OCH3 is 1. The van der Waals surface area contributed by atoms with Crippen LogP contribution in [0.1, 0.15) is 37.8 Å². The maximum atomic E-state index is 12.0. The Morgan fingerprint density at radius 2 is 2.03 bits per heavy atom. The Morgan fingerprint density at radius 1 is 1.27 bits per heavy atom. The van der Waals surface area contributed by atoms with E-state index in [4.69, 9.17) is 9.84 Å². The molecule has 4 heterocycles. The molecule has 3 aliphatic heterocycles. The summed E-state index contributed by atoms with van der Waals surface area (Å²) in [6.45, 7) is 4.43. The van der Waals surface area contributed by atoms with Gasteiger partial charge >= 0.3 is 0 Å². The SMILES string of the molecule is CCCS(=O)(=O)NC[C@H]1C[C@@H]2CCN1C[C@@H]2c1cc(-c2ccc(OC)cc2)nn1C. The van der Waals surface area contributed by atoms with Crippen LogP contribution in [0.25, 0.3) is 11.3 Å². The zero-order chi connectivity index (χ0) is 21.3. The van der Waals surface area contributed by atoms with Gasteiger partial charge in [0.05, 0.1) is 18.6 Å². The first-order chi connectivity index (χ1) is 14.4. The molecule has 0 aliphatic carbocycles. The molecular formula is C22H32N4O3S. The van der Waals surface area contributed by atoms with E-state index in [1.807, 2.05) is 42.9 Å². The minimum atomic E-state index is -3.15. The molecule has 1 aromatic heterocycles. The van der Waals surface area contributed by atoms with Crippen molar-refractivity contribution in [1.82, 2.24) is 19.4 Å². The Bertz CT molecular complexity index is 971. The van der Waals surface area contributed by atoms with Gasteiger partial charge in [0.15, 0.2) is 0 Å². The number of rotatable bonds is 8. The number of aryl methyl sites for hydroxylation is 1. The van der Waals surface area contributed by atoms with Crippen LogP contribution in [0.5, 0.6) is 5.75 Å². The first kappa shape index (κ1) is 21.3. The van der Waals surface area contributed by atoms with Crippen LogP contribution < -0.4 is 9.46 Å². The van der Waals surface area contributed by atoms with E-state index in [0.29, 0.717) is 30.8 Å². The summed E-state index contributed by atoms with van der Waals surface area (Å²) in [6.07, 6.45) is 2.83. The summed E-state index contributed by atoms with van der Waals surface area (Å²) >= 11 is 0. The molecule has 0 saturated carbocycles. The highest BCUT2D eigenvalue weighted by Gasteiger charge is 2.42. The van der Waals surface area contributed by atoms with Crippen LogP contribution >= 0.6 is 0 Å². The Hall–Kier alpha value is -1.90. The second-order valence-corrected chi connectivity index (χ2v) is 10.4. The predicted molar refractivity (Wildman–Crippen MR) is 118 cm³/mol. The normalized spacial score (nSPS) is 26.1. The van der Waals surface area contributed by atoms with Gasteiger partial charge in [-0.25, -0.2) is 13.1 Å². The van der Waals surface area contributed by atoms with Crippen LogP contribution in [0.2, 0.25) is 0 Å². The first-order valence-electron chi connectivity index (χ1n) is 10.8. The summed E-state index contributed by atoms with van der Waals surface area (Å²) in [7, 11) is 0.542. The molecule has 1 N–H and O–H groups in total. The van der Waals surface area contributed by atoms with Crippen LogP contribution in [0, 0.1) is 5.92 Å². The van der Waals surface area contributed by atoms with E-state index in [-0.39, 0.29) is 5.75 Å². The third-order valence-electron chi connectivity index (χ3n) is 6.57. The summed E-state index contributed by atoms with van der Waals surface area (Å²) in [5.41, 5.74) is 3.33. The molecule has 3 saturated heterocycles. The van der Waals surface area contributed by atoms with Crippen molar-refractivity contribution >= 4 is 10.0 Å². The maximum Gasteiger partial charge on any atom is 0.211 e. The summed E-state index contributed by atoms with van der Waals surface area (Å²) in [4.78, 5) is 2.46. The molecule has 3 fully saturated rings. The lowest BCUT2D eigenvalue weighted by molar-refractivity contribution is 0.0306. The quantitative estimate of drug-likeness (QED) is 0.694. The highest BCUT2D eigenvalue weighted by Crippen LogP contribution is 2.42. The maximum absolute atomic E-state index is 12.0. The van der Waals surface area contributed by atoms with Crippen molar-refractivity contribution < 1.29 is 13.2 Å². The average Bonchev–Trinajstić information content (AvgIpc) is 3.14. The van der Waals surface area contributed by atoms with Gasteiger partial charge in [-0.05, 0) is 62.1 Å². The zero-order valence-electron chi connectivity index (χ0n) is 18.0. The fraction of sp³-hybridized carbons (Fsp3) is 0.591. The van der Waals surface area contributed by atoms with E-state index in [1.54, 1.807) is 7.11 Å². The Morgan fingerprint density at radius 3 is 2.67 bits per heavy atom. The molecule has 3 aliphatic rings. The lowest BCUT2D eigenvalue weighted by Gasteiger charge is -2.49. The predicted octanol–water partition coefficient (Wildman–Crippen LogP) is 2.60. The number of piperidine rings is 3. The van der Waals surface area contributed by atoms with E-state index in [2.05, 4.69) is 15.7 Å². The largest absolute Gasteiger partial charge is 0.497 e. The zero-order valence-corrected chi connectivity index (χ0v) is 18.9. The average molecular weight is 433 g/mol. The van der Waals surface area contributed by atoms with E-state index in [0.717, 1.165) is 42.9 Å². The second kappa shape index (κ2) is 8.69. The van der Waals surface area contributed by atoms with Crippen LogP contribution in [-0.2, 0) is 17.1 Å². The van der Waals surface area contributed by atoms with Gasteiger partial charge in [-0.1, -0.05) is 6.92 Å². The number of benzene rings is 1. The Kier molecular flexibility index (Phi) is 6.18. The monoisotopic (exact) mass is 432 g/mol. The van der Waals surface area contributed by atoms with Crippen LogP contribution in [0.3, 0.4) is 0 Å². The van der Waals surface area contributed by atoms with Gasteiger partial charge in [0.25, 0.3) is 0 Å². The van der Waals surface area contributed by atoms with E-state index >= 15 is 0 Å². The van der Waals surface area contributed by atoms with Gasteiger partial charge in [0, 0.05) is 43.4 Å². The summed E-state index contributed by atoms with van der Waals surface area (Å²) in [5.74, 6) is 2.05. The molecule has 4 atom stereocenters. The molecule has 0 amide bonds. The molecular weight excluding hydrogens is 400 g/mol. The number of nitrogens with zero attached hydrogens (tertiary/aromatic N) is 3. The van der Waals surface area contributed by atoms with Crippen molar-refractivity contribution in [3.05, 3.63) is 36.0 Å². The Balaban J connectivity index is 1.46. The number of sulfonamides is 1. The minimum Gasteiger partial charge on any atom is -0.497 e. The van der Waals surface area contributed by atoms with Crippen molar-refractivity contribution in [1.29, 1.82) is 0 Å².